The fourth-order valence-corrected chi connectivity index (χ4v) is 2.66. The van der Waals surface area contributed by atoms with Crippen molar-refractivity contribution < 1.29 is 19.4 Å². The summed E-state index contributed by atoms with van der Waals surface area (Å²) in [7, 11) is 1.44. The first-order valence-electron chi connectivity index (χ1n) is 8.59. The van der Waals surface area contributed by atoms with E-state index in [-0.39, 0.29) is 17.2 Å². The molecule has 0 heterocycles. The number of nitrogens with one attached hydrogen (secondary N) is 2. The molecule has 0 spiro atoms. The summed E-state index contributed by atoms with van der Waals surface area (Å²) in [5, 5.41) is 16.9. The summed E-state index contributed by atoms with van der Waals surface area (Å²) in [6, 6.07) is 10.7. The normalized spacial score (nSPS) is 12.0. The quantitative estimate of drug-likeness (QED) is 0.488. The second-order valence-electron chi connectivity index (χ2n) is 6.31. The predicted molar refractivity (Wildman–Crippen MR) is 108 cm³/mol. The zero-order valence-electron chi connectivity index (χ0n) is 15.8. The summed E-state index contributed by atoms with van der Waals surface area (Å²) >= 11 is 6.03. The number of rotatable bonds is 7. The number of aromatic hydroxyl groups is 1. The van der Waals surface area contributed by atoms with Gasteiger partial charge in [0, 0.05) is 5.56 Å². The largest absolute Gasteiger partial charge is 0.504 e. The molecule has 2 aromatic carbocycles. The zero-order valence-corrected chi connectivity index (χ0v) is 16.5. The smallest absolute Gasteiger partial charge is 0.262 e. The molecule has 7 nitrogen and oxygen atoms in total. The molecule has 2 aromatic rings. The summed E-state index contributed by atoms with van der Waals surface area (Å²) < 4.78 is 5.02. The fraction of sp³-hybridized carbons (Fsp3) is 0.250. The summed E-state index contributed by atoms with van der Waals surface area (Å²) in [6.07, 6.45) is 1.29. The number of phenolic OH excluding ortho intramolecular Hbond substituents is 1. The first-order chi connectivity index (χ1) is 13.3. The van der Waals surface area contributed by atoms with Crippen LogP contribution in [-0.4, -0.2) is 36.3 Å². The third-order valence-corrected chi connectivity index (χ3v) is 4.31. The van der Waals surface area contributed by atoms with E-state index in [0.29, 0.717) is 16.3 Å². The SMILES string of the molecule is COc1cccc(C=NNC(=O)C(NC(=O)c2ccccc2Cl)C(C)C)c1O. The Morgan fingerprint density at radius 3 is 2.54 bits per heavy atom. The van der Waals surface area contributed by atoms with Crippen molar-refractivity contribution in [1.29, 1.82) is 0 Å². The number of carbonyl (C=O) groups is 2. The van der Waals surface area contributed by atoms with Gasteiger partial charge in [-0.1, -0.05) is 43.6 Å². The van der Waals surface area contributed by atoms with Gasteiger partial charge in [0.1, 0.15) is 6.04 Å². The van der Waals surface area contributed by atoms with Crippen molar-refractivity contribution in [2.75, 3.05) is 7.11 Å². The highest BCUT2D eigenvalue weighted by atomic mass is 35.5. The van der Waals surface area contributed by atoms with Gasteiger partial charge in [-0.15, -0.1) is 0 Å². The number of hydrazone groups is 1. The lowest BCUT2D eigenvalue weighted by Gasteiger charge is -2.20. The number of carbonyl (C=O) groups excluding carboxylic acids is 2. The number of phenols is 1. The molecule has 0 saturated heterocycles. The summed E-state index contributed by atoms with van der Waals surface area (Å²) in [5.74, 6) is -0.924. The number of para-hydroxylation sites is 1. The molecular weight excluding hydrogens is 382 g/mol. The second-order valence-corrected chi connectivity index (χ2v) is 6.71. The summed E-state index contributed by atoms with van der Waals surface area (Å²) in [6.45, 7) is 3.60. The Morgan fingerprint density at radius 1 is 1.18 bits per heavy atom. The first-order valence-corrected chi connectivity index (χ1v) is 8.97. The highest BCUT2D eigenvalue weighted by Gasteiger charge is 2.25. The first kappa shape index (κ1) is 21.2. The van der Waals surface area contributed by atoms with E-state index in [1.165, 1.54) is 13.3 Å². The van der Waals surface area contributed by atoms with Gasteiger partial charge in [0.15, 0.2) is 11.5 Å². The number of ether oxygens (including phenoxy) is 1. The lowest BCUT2D eigenvalue weighted by molar-refractivity contribution is -0.123. The molecule has 0 fully saturated rings. The molecule has 0 radical (unpaired) electrons. The van der Waals surface area contributed by atoms with Gasteiger partial charge in [-0.3, -0.25) is 9.59 Å². The van der Waals surface area contributed by atoms with Crippen molar-refractivity contribution in [1.82, 2.24) is 10.7 Å². The number of nitrogens with zero attached hydrogens (tertiary/aromatic N) is 1. The van der Waals surface area contributed by atoms with Crippen LogP contribution in [0.25, 0.3) is 0 Å². The summed E-state index contributed by atoms with van der Waals surface area (Å²) in [4.78, 5) is 24.9. The van der Waals surface area contributed by atoms with Crippen LogP contribution >= 0.6 is 11.6 Å². The van der Waals surface area contributed by atoms with Gasteiger partial charge < -0.3 is 15.2 Å². The Bertz CT molecular complexity index is 884. The van der Waals surface area contributed by atoms with E-state index in [1.807, 2.05) is 0 Å². The van der Waals surface area contributed by atoms with E-state index in [1.54, 1.807) is 56.3 Å². The second kappa shape index (κ2) is 9.75. The van der Waals surface area contributed by atoms with Crippen molar-refractivity contribution in [2.45, 2.75) is 19.9 Å². The van der Waals surface area contributed by atoms with Crippen molar-refractivity contribution in [3.05, 3.63) is 58.6 Å². The van der Waals surface area contributed by atoms with E-state index in [0.717, 1.165) is 0 Å². The minimum atomic E-state index is -0.820. The van der Waals surface area contributed by atoms with Crippen LogP contribution in [0.2, 0.25) is 5.02 Å². The number of hydrogen-bond donors (Lipinski definition) is 3. The fourth-order valence-electron chi connectivity index (χ4n) is 2.44. The maximum absolute atomic E-state index is 12.5. The maximum atomic E-state index is 12.5. The van der Waals surface area contributed by atoms with Gasteiger partial charge >= 0.3 is 0 Å². The van der Waals surface area contributed by atoms with Crippen molar-refractivity contribution in [2.24, 2.45) is 11.0 Å². The average molecular weight is 404 g/mol. The Hall–Kier alpha value is -3.06. The molecule has 0 aliphatic rings. The molecular formula is C20H22ClN3O4. The highest BCUT2D eigenvalue weighted by molar-refractivity contribution is 6.33. The highest BCUT2D eigenvalue weighted by Crippen LogP contribution is 2.27. The Morgan fingerprint density at radius 2 is 1.89 bits per heavy atom. The molecule has 0 saturated carbocycles. The number of amides is 2. The lowest BCUT2D eigenvalue weighted by atomic mass is 10.0. The minimum absolute atomic E-state index is 0.0876. The van der Waals surface area contributed by atoms with E-state index in [9.17, 15) is 14.7 Å². The topological polar surface area (TPSA) is 100 Å². The van der Waals surface area contributed by atoms with Crippen LogP contribution < -0.4 is 15.5 Å². The molecule has 8 heteroatoms. The number of benzene rings is 2. The Labute approximate surface area is 168 Å². The van der Waals surface area contributed by atoms with Gasteiger partial charge in [-0.2, -0.15) is 5.10 Å². The van der Waals surface area contributed by atoms with E-state index in [4.69, 9.17) is 16.3 Å². The van der Waals surface area contributed by atoms with Crippen LogP contribution in [-0.2, 0) is 4.79 Å². The van der Waals surface area contributed by atoms with Crippen LogP contribution in [0.3, 0.4) is 0 Å². The lowest BCUT2D eigenvalue weighted by Crippen LogP contribution is -2.48. The molecule has 28 heavy (non-hydrogen) atoms. The summed E-state index contributed by atoms with van der Waals surface area (Å²) in [5.41, 5.74) is 3.04. The van der Waals surface area contributed by atoms with Gasteiger partial charge in [0.2, 0.25) is 0 Å². The third kappa shape index (κ3) is 5.23. The Balaban J connectivity index is 2.07. The predicted octanol–water partition coefficient (Wildman–Crippen LogP) is 2.96. The minimum Gasteiger partial charge on any atom is -0.504 e. The molecule has 0 aliphatic carbocycles. The molecule has 1 unspecified atom stereocenters. The van der Waals surface area contributed by atoms with Crippen LogP contribution in [0, 0.1) is 5.92 Å². The van der Waals surface area contributed by atoms with Gasteiger partial charge in [0.05, 0.1) is 23.9 Å². The zero-order chi connectivity index (χ0) is 20.7. The Kier molecular flexibility index (Phi) is 7.40. The average Bonchev–Trinajstić information content (AvgIpc) is 2.67. The molecule has 0 aliphatic heterocycles. The molecule has 0 aromatic heterocycles. The number of methoxy groups -OCH3 is 1. The standard InChI is InChI=1S/C20H22ClN3O4/c1-12(2)17(23-19(26)14-8-4-5-9-15(14)21)20(27)24-22-11-13-7-6-10-16(28-3)18(13)25/h4-12,17,25H,1-3H3,(H,23,26)(H,24,27). The monoisotopic (exact) mass is 403 g/mol. The molecule has 148 valence electrons. The van der Waals surface area contributed by atoms with E-state index < -0.39 is 17.9 Å². The van der Waals surface area contributed by atoms with Crippen LogP contribution in [0.4, 0.5) is 0 Å². The van der Waals surface area contributed by atoms with Crippen LogP contribution in [0.15, 0.2) is 47.6 Å². The van der Waals surface area contributed by atoms with Crippen LogP contribution in [0.5, 0.6) is 11.5 Å². The van der Waals surface area contributed by atoms with E-state index >= 15 is 0 Å². The molecule has 2 amide bonds. The molecule has 0 bridgehead atoms. The molecule has 1 atom stereocenters. The van der Waals surface area contributed by atoms with Gasteiger partial charge in [0.25, 0.3) is 11.8 Å². The van der Waals surface area contributed by atoms with Crippen molar-refractivity contribution in [3.8, 4) is 11.5 Å². The number of halogens is 1. The van der Waals surface area contributed by atoms with Crippen LogP contribution in [0.1, 0.15) is 29.8 Å². The van der Waals surface area contributed by atoms with Gasteiger partial charge in [-0.25, -0.2) is 5.43 Å². The number of hydrogen-bond acceptors (Lipinski definition) is 5. The van der Waals surface area contributed by atoms with Crippen molar-refractivity contribution >= 4 is 29.6 Å². The maximum Gasteiger partial charge on any atom is 0.262 e. The molecule has 2 rings (SSSR count). The van der Waals surface area contributed by atoms with Crippen molar-refractivity contribution in [3.63, 3.8) is 0 Å². The molecule has 3 N–H and O–H groups in total. The third-order valence-electron chi connectivity index (χ3n) is 3.98. The van der Waals surface area contributed by atoms with E-state index in [2.05, 4.69) is 15.8 Å². The van der Waals surface area contributed by atoms with Gasteiger partial charge in [-0.05, 0) is 30.2 Å².